The standard InChI is InChI=1S/C20H21NO7/c1-4-26-18(23)14-12-15(19(24)27-5-2)17(22)21(13-10-8-7-9-11-13)16(14)20(25)28-6-3/h7-12H,4-6H2,1-3H3. The van der Waals surface area contributed by atoms with Crippen LogP contribution in [-0.2, 0) is 14.2 Å². The summed E-state index contributed by atoms with van der Waals surface area (Å²) in [6.45, 7) is 4.90. The Morgan fingerprint density at radius 3 is 1.82 bits per heavy atom. The van der Waals surface area contributed by atoms with Gasteiger partial charge in [0.1, 0.15) is 11.3 Å². The van der Waals surface area contributed by atoms with Crippen LogP contribution in [0.3, 0.4) is 0 Å². The molecule has 0 aliphatic carbocycles. The van der Waals surface area contributed by atoms with E-state index in [2.05, 4.69) is 0 Å². The summed E-state index contributed by atoms with van der Waals surface area (Å²) in [5.74, 6) is -2.65. The third-order valence-electron chi connectivity index (χ3n) is 3.67. The van der Waals surface area contributed by atoms with E-state index < -0.39 is 23.5 Å². The third kappa shape index (κ3) is 4.28. The average Bonchev–Trinajstić information content (AvgIpc) is 2.68. The maximum atomic E-state index is 13.1. The molecule has 0 aliphatic rings. The Labute approximate surface area is 161 Å². The highest BCUT2D eigenvalue weighted by atomic mass is 16.5. The van der Waals surface area contributed by atoms with E-state index in [1.165, 1.54) is 0 Å². The van der Waals surface area contributed by atoms with Gasteiger partial charge in [0.25, 0.3) is 5.56 Å². The summed E-state index contributed by atoms with van der Waals surface area (Å²) in [5, 5.41) is 0. The zero-order chi connectivity index (χ0) is 20.7. The van der Waals surface area contributed by atoms with Crippen LogP contribution in [0.5, 0.6) is 0 Å². The van der Waals surface area contributed by atoms with Gasteiger partial charge in [-0.1, -0.05) is 18.2 Å². The molecule has 1 heterocycles. The molecule has 0 unspecified atom stereocenters. The minimum absolute atomic E-state index is 0.0315. The highest BCUT2D eigenvalue weighted by Gasteiger charge is 2.29. The number of aromatic nitrogens is 1. The highest BCUT2D eigenvalue weighted by molar-refractivity contribution is 6.04. The lowest BCUT2D eigenvalue weighted by atomic mass is 10.1. The zero-order valence-electron chi connectivity index (χ0n) is 15.9. The van der Waals surface area contributed by atoms with Gasteiger partial charge in [0.15, 0.2) is 0 Å². The number of rotatable bonds is 7. The molecule has 148 valence electrons. The molecule has 8 heteroatoms. The van der Waals surface area contributed by atoms with Crippen molar-refractivity contribution in [3.8, 4) is 5.69 Å². The molecule has 0 saturated carbocycles. The van der Waals surface area contributed by atoms with Crippen LogP contribution in [0.15, 0.2) is 41.2 Å². The number of hydrogen-bond donors (Lipinski definition) is 0. The number of ether oxygens (including phenoxy) is 3. The van der Waals surface area contributed by atoms with E-state index >= 15 is 0 Å². The molecule has 0 saturated heterocycles. The molecule has 0 N–H and O–H groups in total. The van der Waals surface area contributed by atoms with Gasteiger partial charge in [-0.3, -0.25) is 9.36 Å². The van der Waals surface area contributed by atoms with Gasteiger partial charge >= 0.3 is 17.9 Å². The van der Waals surface area contributed by atoms with Crippen molar-refractivity contribution in [2.45, 2.75) is 20.8 Å². The summed E-state index contributed by atoms with van der Waals surface area (Å²) in [6, 6.07) is 9.17. The quantitative estimate of drug-likeness (QED) is 0.531. The molecule has 0 radical (unpaired) electrons. The second-order valence-electron chi connectivity index (χ2n) is 5.46. The molecule has 2 aromatic rings. The predicted octanol–water partition coefficient (Wildman–Crippen LogP) is 2.37. The fourth-order valence-electron chi connectivity index (χ4n) is 2.56. The van der Waals surface area contributed by atoms with Crippen molar-refractivity contribution in [2.24, 2.45) is 0 Å². The van der Waals surface area contributed by atoms with Gasteiger partial charge in [-0.05, 0) is 39.0 Å². The second-order valence-corrected chi connectivity index (χ2v) is 5.46. The highest BCUT2D eigenvalue weighted by Crippen LogP contribution is 2.18. The first-order chi connectivity index (χ1) is 13.5. The van der Waals surface area contributed by atoms with Crippen molar-refractivity contribution in [3.63, 3.8) is 0 Å². The average molecular weight is 387 g/mol. The zero-order valence-corrected chi connectivity index (χ0v) is 15.9. The number of carbonyl (C=O) groups excluding carboxylic acids is 3. The summed E-state index contributed by atoms with van der Waals surface area (Å²) < 4.78 is 15.9. The van der Waals surface area contributed by atoms with Crippen LogP contribution < -0.4 is 5.56 Å². The molecule has 0 fully saturated rings. The van der Waals surface area contributed by atoms with Gasteiger partial charge < -0.3 is 14.2 Å². The van der Waals surface area contributed by atoms with Crippen LogP contribution in [0.4, 0.5) is 0 Å². The maximum absolute atomic E-state index is 13.1. The molecule has 0 amide bonds. The molecule has 0 bridgehead atoms. The Hall–Kier alpha value is -3.42. The molecule has 1 aromatic carbocycles. The second kappa shape index (κ2) is 9.50. The Bertz CT molecular complexity index is 932. The van der Waals surface area contributed by atoms with Crippen molar-refractivity contribution in [3.05, 3.63) is 63.6 Å². The van der Waals surface area contributed by atoms with Gasteiger partial charge in [-0.25, -0.2) is 14.4 Å². The lowest BCUT2D eigenvalue weighted by molar-refractivity contribution is 0.0466. The van der Waals surface area contributed by atoms with Crippen molar-refractivity contribution in [2.75, 3.05) is 19.8 Å². The molecule has 1 aromatic heterocycles. The fraction of sp³-hybridized carbons (Fsp3) is 0.300. The number of hydrogen-bond acceptors (Lipinski definition) is 7. The van der Waals surface area contributed by atoms with E-state index in [1.54, 1.807) is 51.1 Å². The smallest absolute Gasteiger partial charge is 0.356 e. The van der Waals surface area contributed by atoms with Crippen LogP contribution in [0.2, 0.25) is 0 Å². The Morgan fingerprint density at radius 1 is 0.786 bits per heavy atom. The lowest BCUT2D eigenvalue weighted by Crippen LogP contribution is -2.33. The van der Waals surface area contributed by atoms with Gasteiger partial charge in [-0.15, -0.1) is 0 Å². The van der Waals surface area contributed by atoms with Gasteiger partial charge in [-0.2, -0.15) is 0 Å². The van der Waals surface area contributed by atoms with Crippen molar-refractivity contribution in [1.29, 1.82) is 0 Å². The van der Waals surface area contributed by atoms with Crippen LogP contribution in [0.25, 0.3) is 5.69 Å². The number of para-hydroxylation sites is 1. The van der Waals surface area contributed by atoms with Crippen LogP contribution in [0.1, 0.15) is 52.0 Å². The van der Waals surface area contributed by atoms with E-state index in [-0.39, 0.29) is 42.3 Å². The van der Waals surface area contributed by atoms with Gasteiger partial charge in [0.05, 0.1) is 25.4 Å². The van der Waals surface area contributed by atoms with E-state index in [0.29, 0.717) is 0 Å². The van der Waals surface area contributed by atoms with Crippen molar-refractivity contribution < 1.29 is 28.6 Å². The van der Waals surface area contributed by atoms with E-state index in [9.17, 15) is 19.2 Å². The third-order valence-corrected chi connectivity index (χ3v) is 3.67. The SMILES string of the molecule is CCOC(=O)c1cc(C(=O)OCC)c(=O)n(-c2ccccc2)c1C(=O)OCC. The molecule has 2 rings (SSSR count). The summed E-state index contributed by atoms with van der Waals surface area (Å²) in [7, 11) is 0. The van der Waals surface area contributed by atoms with Crippen LogP contribution in [-0.4, -0.2) is 42.3 Å². The lowest BCUT2D eigenvalue weighted by Gasteiger charge is -2.17. The predicted molar refractivity (Wildman–Crippen MR) is 99.9 cm³/mol. The molecule has 0 atom stereocenters. The fourth-order valence-corrected chi connectivity index (χ4v) is 2.56. The number of carbonyl (C=O) groups is 3. The maximum Gasteiger partial charge on any atom is 0.356 e. The van der Waals surface area contributed by atoms with E-state index in [4.69, 9.17) is 14.2 Å². The summed E-state index contributed by atoms with van der Waals surface area (Å²) in [4.78, 5) is 50.5. The number of esters is 3. The van der Waals surface area contributed by atoms with Gasteiger partial charge in [0, 0.05) is 5.69 Å². The van der Waals surface area contributed by atoms with E-state index in [0.717, 1.165) is 10.6 Å². The molecule has 0 aliphatic heterocycles. The largest absolute Gasteiger partial charge is 0.462 e. The van der Waals surface area contributed by atoms with E-state index in [1.807, 2.05) is 0 Å². The first-order valence-corrected chi connectivity index (χ1v) is 8.83. The summed E-state index contributed by atoms with van der Waals surface area (Å²) >= 11 is 0. The topological polar surface area (TPSA) is 101 Å². The monoisotopic (exact) mass is 387 g/mol. The molecule has 28 heavy (non-hydrogen) atoms. The summed E-state index contributed by atoms with van der Waals surface area (Å²) in [5.41, 5.74) is -1.48. The first-order valence-electron chi connectivity index (χ1n) is 8.83. The van der Waals surface area contributed by atoms with Crippen LogP contribution >= 0.6 is 0 Å². The molecule has 8 nitrogen and oxygen atoms in total. The Kier molecular flexibility index (Phi) is 7.08. The minimum Gasteiger partial charge on any atom is -0.462 e. The first kappa shape index (κ1) is 20.9. The molecule has 0 spiro atoms. The number of benzene rings is 1. The molecular formula is C20H21NO7. The minimum atomic E-state index is -0.905. The van der Waals surface area contributed by atoms with Gasteiger partial charge in [0.2, 0.25) is 0 Å². The van der Waals surface area contributed by atoms with Crippen molar-refractivity contribution in [1.82, 2.24) is 4.57 Å². The Balaban J connectivity index is 2.91. The molecular weight excluding hydrogens is 366 g/mol. The Morgan fingerprint density at radius 2 is 1.29 bits per heavy atom. The normalized spacial score (nSPS) is 10.2. The number of nitrogens with zero attached hydrogens (tertiary/aromatic N) is 1. The number of pyridine rings is 1. The van der Waals surface area contributed by atoms with Crippen molar-refractivity contribution >= 4 is 17.9 Å². The summed E-state index contributed by atoms with van der Waals surface area (Å²) in [6.07, 6.45) is 0. The van der Waals surface area contributed by atoms with Crippen LogP contribution in [0, 0.1) is 0 Å².